The predicted molar refractivity (Wildman–Crippen MR) is 165 cm³/mol. The van der Waals surface area contributed by atoms with Crippen LogP contribution in [0.5, 0.6) is 23.0 Å². The van der Waals surface area contributed by atoms with Gasteiger partial charge in [-0.2, -0.15) is 4.99 Å². The molecule has 0 aliphatic carbocycles. The van der Waals surface area contributed by atoms with Crippen molar-refractivity contribution in [3.8, 4) is 23.0 Å². The van der Waals surface area contributed by atoms with E-state index in [9.17, 15) is 4.79 Å². The van der Waals surface area contributed by atoms with Crippen LogP contribution in [-0.4, -0.2) is 38.1 Å². The van der Waals surface area contributed by atoms with Crippen LogP contribution < -0.4 is 30.0 Å². The lowest BCUT2D eigenvalue weighted by Crippen LogP contribution is -2.32. The molecular formula is C32H33ClN4O5. The molecule has 0 bridgehead atoms. The average Bonchev–Trinajstić information content (AvgIpc) is 3.01. The highest BCUT2D eigenvalue weighted by Gasteiger charge is 2.30. The quantitative estimate of drug-likeness (QED) is 0.152. The number of methoxy groups -OCH3 is 1. The molecule has 0 aliphatic heterocycles. The number of ether oxygens (including phenoxy) is 4. The van der Waals surface area contributed by atoms with Gasteiger partial charge >= 0.3 is 6.03 Å². The van der Waals surface area contributed by atoms with Gasteiger partial charge in [-0.25, -0.2) is 4.79 Å². The first-order chi connectivity index (χ1) is 20.4. The van der Waals surface area contributed by atoms with Gasteiger partial charge in [0.2, 0.25) is 11.5 Å². The molecule has 0 heterocycles. The van der Waals surface area contributed by atoms with E-state index < -0.39 is 6.03 Å². The van der Waals surface area contributed by atoms with Gasteiger partial charge in [0, 0.05) is 14.1 Å². The highest BCUT2D eigenvalue weighted by Crippen LogP contribution is 2.55. The number of nitrogens with two attached hydrogens (primary N) is 1. The Bertz CT molecular complexity index is 1500. The zero-order valence-electron chi connectivity index (χ0n) is 23.7. The van der Waals surface area contributed by atoms with E-state index in [1.165, 1.54) is 12.0 Å². The van der Waals surface area contributed by atoms with E-state index in [1.54, 1.807) is 14.1 Å². The molecule has 0 saturated carbocycles. The molecule has 218 valence electrons. The molecule has 4 aromatic rings. The number of rotatable bonds is 11. The van der Waals surface area contributed by atoms with Crippen molar-refractivity contribution in [1.29, 1.82) is 0 Å². The first-order valence-electron chi connectivity index (χ1n) is 13.1. The summed E-state index contributed by atoms with van der Waals surface area (Å²) in [5.74, 6) is 0.733. The second-order valence-electron chi connectivity index (χ2n) is 9.33. The third-order valence-electron chi connectivity index (χ3n) is 6.05. The number of carbonyl (C=O) groups is 1. The average molecular weight is 589 g/mol. The number of carbonyl (C=O) groups excluding carboxylic acids is 1. The van der Waals surface area contributed by atoms with Crippen molar-refractivity contribution in [2.24, 2.45) is 10.7 Å². The molecule has 0 unspecified atom stereocenters. The summed E-state index contributed by atoms with van der Waals surface area (Å²) in [4.78, 5) is 18.3. The Morgan fingerprint density at radius 2 is 1.14 bits per heavy atom. The number of nitrogens with zero attached hydrogens (tertiary/aromatic N) is 2. The maximum Gasteiger partial charge on any atom is 0.348 e. The first kappa shape index (κ1) is 30.1. The minimum absolute atomic E-state index is 0.00602. The number of benzene rings is 4. The maximum atomic E-state index is 12.9. The van der Waals surface area contributed by atoms with Crippen LogP contribution in [0.2, 0.25) is 5.02 Å². The highest BCUT2D eigenvalue weighted by molar-refractivity contribution is 6.36. The van der Waals surface area contributed by atoms with E-state index in [2.05, 4.69) is 10.3 Å². The van der Waals surface area contributed by atoms with Gasteiger partial charge in [-0.3, -0.25) is 0 Å². The number of aliphatic imine (C=N–C) groups is 1. The number of nitrogens with one attached hydrogen (secondary N) is 1. The second-order valence-corrected chi connectivity index (χ2v) is 9.70. The van der Waals surface area contributed by atoms with Crippen LogP contribution in [0.1, 0.15) is 16.7 Å². The number of halogens is 1. The van der Waals surface area contributed by atoms with Crippen molar-refractivity contribution >= 4 is 29.3 Å². The third-order valence-corrected chi connectivity index (χ3v) is 6.41. The molecule has 0 radical (unpaired) electrons. The summed E-state index contributed by atoms with van der Waals surface area (Å²) in [5.41, 5.74) is 8.69. The molecular weight excluding hydrogens is 556 g/mol. The van der Waals surface area contributed by atoms with E-state index in [0.717, 1.165) is 16.7 Å². The Morgan fingerprint density at radius 3 is 1.55 bits per heavy atom. The number of hydrogen-bond donors (Lipinski definition) is 2. The van der Waals surface area contributed by atoms with Gasteiger partial charge in [0.1, 0.15) is 30.5 Å². The summed E-state index contributed by atoms with van der Waals surface area (Å²) in [5, 5.41) is 2.73. The Hall–Kier alpha value is -4.89. The van der Waals surface area contributed by atoms with Crippen molar-refractivity contribution in [3.63, 3.8) is 0 Å². The lowest BCUT2D eigenvalue weighted by Gasteiger charge is -2.23. The molecule has 0 fully saturated rings. The van der Waals surface area contributed by atoms with E-state index in [0.29, 0.717) is 0 Å². The lowest BCUT2D eigenvalue weighted by atomic mass is 10.2. The zero-order valence-corrected chi connectivity index (χ0v) is 24.4. The fraction of sp³-hybridized carbons (Fsp3) is 0.188. The standard InChI is InChI=1S/C32H33ClN4O5/c1-37(2)31(34)36-32(38)35-26-25(33)27(40-19-22-13-7-4-8-14-22)29(41-20-23-15-9-5-10-16-23)30(28(26)39-3)42-21-24-17-11-6-12-18-24/h4-18H,19-21H2,1-3H3,(H3,34,35,36,38). The molecule has 9 nitrogen and oxygen atoms in total. The Morgan fingerprint density at radius 1 is 0.738 bits per heavy atom. The molecule has 10 heteroatoms. The molecule has 0 aliphatic rings. The van der Waals surface area contributed by atoms with Crippen molar-refractivity contribution in [3.05, 3.63) is 113 Å². The maximum absolute atomic E-state index is 12.9. The van der Waals surface area contributed by atoms with E-state index >= 15 is 0 Å². The van der Waals surface area contributed by atoms with Crippen molar-refractivity contribution in [2.75, 3.05) is 26.5 Å². The lowest BCUT2D eigenvalue weighted by molar-refractivity contribution is 0.223. The minimum Gasteiger partial charge on any atom is -0.491 e. The Balaban J connectivity index is 1.83. The van der Waals surface area contributed by atoms with Gasteiger partial charge in [-0.15, -0.1) is 0 Å². The molecule has 4 aromatic carbocycles. The highest BCUT2D eigenvalue weighted by atomic mass is 35.5. The topological polar surface area (TPSA) is 108 Å². The largest absolute Gasteiger partial charge is 0.491 e. The van der Waals surface area contributed by atoms with E-state index in [1.807, 2.05) is 91.0 Å². The summed E-state index contributed by atoms with van der Waals surface area (Å²) in [6.45, 7) is 0.544. The summed E-state index contributed by atoms with van der Waals surface area (Å²) in [6.07, 6.45) is 0. The molecule has 2 amide bonds. The number of guanidine groups is 1. The molecule has 0 saturated heterocycles. The first-order valence-corrected chi connectivity index (χ1v) is 13.5. The van der Waals surface area contributed by atoms with Gasteiger partial charge in [0.05, 0.1) is 7.11 Å². The minimum atomic E-state index is -0.762. The third kappa shape index (κ3) is 7.86. The summed E-state index contributed by atoms with van der Waals surface area (Å²) < 4.78 is 24.7. The number of anilines is 1. The van der Waals surface area contributed by atoms with Gasteiger partial charge in [0.25, 0.3) is 0 Å². The van der Waals surface area contributed by atoms with Crippen LogP contribution in [0, 0.1) is 0 Å². The number of amides is 2. The van der Waals surface area contributed by atoms with E-state index in [4.69, 9.17) is 36.3 Å². The van der Waals surface area contributed by atoms with Crippen LogP contribution >= 0.6 is 11.6 Å². The van der Waals surface area contributed by atoms with Crippen LogP contribution in [-0.2, 0) is 19.8 Å². The molecule has 0 aromatic heterocycles. The van der Waals surface area contributed by atoms with E-state index in [-0.39, 0.29) is 59.5 Å². The fourth-order valence-electron chi connectivity index (χ4n) is 3.86. The molecule has 0 atom stereocenters. The summed E-state index contributed by atoms with van der Waals surface area (Å²) in [7, 11) is 4.78. The summed E-state index contributed by atoms with van der Waals surface area (Å²) in [6, 6.07) is 28.1. The van der Waals surface area contributed by atoms with Crippen LogP contribution in [0.25, 0.3) is 0 Å². The summed E-state index contributed by atoms with van der Waals surface area (Å²) >= 11 is 6.93. The monoisotopic (exact) mass is 588 g/mol. The van der Waals surface area contributed by atoms with Crippen molar-refractivity contribution in [2.45, 2.75) is 19.8 Å². The molecule has 42 heavy (non-hydrogen) atoms. The predicted octanol–water partition coefficient (Wildman–Crippen LogP) is 6.49. The molecule has 4 rings (SSSR count). The van der Waals surface area contributed by atoms with Gasteiger partial charge in [0.15, 0.2) is 17.5 Å². The zero-order chi connectivity index (χ0) is 29.9. The van der Waals surface area contributed by atoms with Gasteiger partial charge < -0.3 is 34.9 Å². The van der Waals surface area contributed by atoms with Crippen LogP contribution in [0.4, 0.5) is 10.5 Å². The second kappa shape index (κ2) is 14.7. The van der Waals surface area contributed by atoms with Crippen LogP contribution in [0.15, 0.2) is 96.0 Å². The molecule has 3 N–H and O–H groups in total. The fourth-order valence-corrected chi connectivity index (χ4v) is 4.13. The van der Waals surface area contributed by atoms with Gasteiger partial charge in [-0.05, 0) is 16.7 Å². The van der Waals surface area contributed by atoms with Crippen molar-refractivity contribution in [1.82, 2.24) is 4.90 Å². The van der Waals surface area contributed by atoms with Crippen molar-refractivity contribution < 1.29 is 23.7 Å². The SMILES string of the molecule is COc1c(NC(=O)N=C(N)N(C)C)c(Cl)c(OCc2ccccc2)c(OCc2ccccc2)c1OCc1ccccc1. The number of urea groups is 1. The number of hydrogen-bond acceptors (Lipinski definition) is 5. The Labute approximate surface area is 250 Å². The Kier molecular flexibility index (Phi) is 10.5. The normalized spacial score (nSPS) is 11.0. The smallest absolute Gasteiger partial charge is 0.348 e. The molecule has 0 spiro atoms. The van der Waals surface area contributed by atoms with Crippen LogP contribution in [0.3, 0.4) is 0 Å². The van der Waals surface area contributed by atoms with Gasteiger partial charge in [-0.1, -0.05) is 103 Å².